The third kappa shape index (κ3) is 1.98. The molecule has 4 fully saturated rings. The van der Waals surface area contributed by atoms with Crippen LogP contribution < -0.4 is 0 Å². The Morgan fingerprint density at radius 1 is 1.00 bits per heavy atom. The average molecular weight is 286 g/mol. The van der Waals surface area contributed by atoms with Gasteiger partial charge in [0.1, 0.15) is 5.82 Å². The van der Waals surface area contributed by atoms with E-state index < -0.39 is 0 Å². The van der Waals surface area contributed by atoms with Crippen LogP contribution in [0.4, 0.5) is 4.39 Å². The van der Waals surface area contributed by atoms with Gasteiger partial charge in [0.05, 0.1) is 0 Å². The van der Waals surface area contributed by atoms with Crippen LogP contribution in [0.3, 0.4) is 0 Å². The Morgan fingerprint density at radius 2 is 1.57 bits per heavy atom. The molecule has 4 aliphatic carbocycles. The SMILES string of the molecule is CC12CC3CC(C)(C1)CC(C(=O)c1ccc(F)cc1)(C3)C2. The Kier molecular flexibility index (Phi) is 2.55. The Labute approximate surface area is 125 Å². The van der Waals surface area contributed by atoms with Crippen molar-refractivity contribution >= 4 is 5.78 Å². The second-order valence-corrected chi connectivity index (χ2v) is 8.75. The van der Waals surface area contributed by atoms with Crippen molar-refractivity contribution in [2.45, 2.75) is 52.4 Å². The van der Waals surface area contributed by atoms with E-state index in [-0.39, 0.29) is 17.0 Å². The molecule has 2 heteroatoms. The van der Waals surface area contributed by atoms with E-state index >= 15 is 0 Å². The minimum atomic E-state index is -0.268. The lowest BCUT2D eigenvalue weighted by Gasteiger charge is -2.64. The summed E-state index contributed by atoms with van der Waals surface area (Å²) in [6, 6.07) is 6.16. The van der Waals surface area contributed by atoms with Crippen LogP contribution in [-0.4, -0.2) is 5.78 Å². The van der Waals surface area contributed by atoms with E-state index in [1.807, 2.05) is 0 Å². The second kappa shape index (κ2) is 3.97. The predicted molar refractivity (Wildman–Crippen MR) is 80.6 cm³/mol. The topological polar surface area (TPSA) is 17.1 Å². The molecule has 1 nitrogen and oxygen atoms in total. The highest BCUT2D eigenvalue weighted by Crippen LogP contribution is 2.70. The zero-order valence-corrected chi connectivity index (χ0v) is 12.9. The van der Waals surface area contributed by atoms with E-state index in [0.29, 0.717) is 22.3 Å². The smallest absolute Gasteiger partial charge is 0.169 e. The molecule has 4 saturated carbocycles. The molecule has 1 aromatic rings. The molecule has 2 atom stereocenters. The molecule has 0 N–H and O–H groups in total. The summed E-state index contributed by atoms with van der Waals surface area (Å²) in [5.41, 5.74) is 1.19. The quantitative estimate of drug-likeness (QED) is 0.699. The minimum Gasteiger partial charge on any atom is -0.294 e. The zero-order chi connectivity index (χ0) is 14.9. The van der Waals surface area contributed by atoms with Crippen LogP contribution in [0.25, 0.3) is 0 Å². The number of Topliss-reactive ketones (excluding diaryl/α,β-unsaturated/α-hetero) is 1. The summed E-state index contributed by atoms with van der Waals surface area (Å²) < 4.78 is 13.1. The van der Waals surface area contributed by atoms with Crippen molar-refractivity contribution < 1.29 is 9.18 Å². The molecule has 0 aliphatic heterocycles. The summed E-state index contributed by atoms with van der Waals surface area (Å²) in [5.74, 6) is 0.709. The summed E-state index contributed by atoms with van der Waals surface area (Å²) in [7, 11) is 0. The van der Waals surface area contributed by atoms with Crippen molar-refractivity contribution in [1.82, 2.24) is 0 Å². The molecule has 0 saturated heterocycles. The van der Waals surface area contributed by atoms with E-state index in [4.69, 9.17) is 0 Å². The lowest BCUT2D eigenvalue weighted by molar-refractivity contribution is -0.125. The van der Waals surface area contributed by atoms with E-state index in [2.05, 4.69) is 13.8 Å². The number of ketones is 1. The zero-order valence-electron chi connectivity index (χ0n) is 12.9. The van der Waals surface area contributed by atoms with Crippen molar-refractivity contribution in [3.8, 4) is 0 Å². The largest absolute Gasteiger partial charge is 0.294 e. The average Bonchev–Trinajstić information content (AvgIpc) is 2.34. The molecule has 0 spiro atoms. The van der Waals surface area contributed by atoms with Crippen molar-refractivity contribution in [1.29, 1.82) is 0 Å². The van der Waals surface area contributed by atoms with Crippen LogP contribution in [-0.2, 0) is 0 Å². The van der Waals surface area contributed by atoms with Crippen LogP contribution in [0, 0.1) is 28.0 Å². The van der Waals surface area contributed by atoms with E-state index in [1.165, 1.54) is 31.4 Å². The van der Waals surface area contributed by atoms with Crippen LogP contribution in [0.1, 0.15) is 62.7 Å². The molecular weight excluding hydrogens is 263 g/mol. The van der Waals surface area contributed by atoms with Gasteiger partial charge in [-0.1, -0.05) is 13.8 Å². The van der Waals surface area contributed by atoms with Crippen molar-refractivity contribution in [2.24, 2.45) is 22.2 Å². The Hall–Kier alpha value is -1.18. The lowest BCUT2D eigenvalue weighted by atomic mass is 9.39. The number of carbonyl (C=O) groups excluding carboxylic acids is 1. The summed E-state index contributed by atoms with van der Waals surface area (Å²) in [5, 5.41) is 0. The summed E-state index contributed by atoms with van der Waals surface area (Å²) in [6.45, 7) is 4.75. The van der Waals surface area contributed by atoms with Gasteiger partial charge in [0.2, 0.25) is 0 Å². The normalized spacial score (nSPS) is 44.0. The van der Waals surface area contributed by atoms with Gasteiger partial charge in [0, 0.05) is 11.0 Å². The van der Waals surface area contributed by atoms with Crippen molar-refractivity contribution in [3.05, 3.63) is 35.6 Å². The first-order valence-corrected chi connectivity index (χ1v) is 8.12. The number of hydrogen-bond donors (Lipinski definition) is 0. The van der Waals surface area contributed by atoms with Gasteiger partial charge in [-0.25, -0.2) is 4.39 Å². The Bertz CT molecular complexity index is 584. The molecule has 4 aliphatic rings. The summed E-state index contributed by atoms with van der Waals surface area (Å²) in [4.78, 5) is 13.2. The molecule has 0 radical (unpaired) electrons. The molecule has 5 rings (SSSR count). The predicted octanol–water partition coefficient (Wildman–Crippen LogP) is 5.01. The fourth-order valence-electron chi connectivity index (χ4n) is 6.61. The van der Waals surface area contributed by atoms with Gasteiger partial charge >= 0.3 is 0 Å². The van der Waals surface area contributed by atoms with E-state index in [0.717, 1.165) is 19.3 Å². The molecular formula is C19H23FO. The fraction of sp³-hybridized carbons (Fsp3) is 0.632. The van der Waals surface area contributed by atoms with Gasteiger partial charge in [-0.15, -0.1) is 0 Å². The molecule has 1 aromatic carbocycles. The fourth-order valence-corrected chi connectivity index (χ4v) is 6.61. The Balaban J connectivity index is 1.74. The molecule has 0 heterocycles. The van der Waals surface area contributed by atoms with E-state index in [9.17, 15) is 9.18 Å². The van der Waals surface area contributed by atoms with Crippen LogP contribution in [0.15, 0.2) is 24.3 Å². The summed E-state index contributed by atoms with van der Waals surface area (Å²) in [6.07, 6.45) is 6.97. The van der Waals surface area contributed by atoms with E-state index in [1.54, 1.807) is 12.1 Å². The van der Waals surface area contributed by atoms with Crippen LogP contribution in [0.2, 0.25) is 0 Å². The maximum absolute atomic E-state index is 13.2. The summed E-state index contributed by atoms with van der Waals surface area (Å²) >= 11 is 0. The highest BCUT2D eigenvalue weighted by atomic mass is 19.1. The van der Waals surface area contributed by atoms with Crippen molar-refractivity contribution in [2.75, 3.05) is 0 Å². The highest BCUT2D eigenvalue weighted by Gasteiger charge is 2.62. The second-order valence-electron chi connectivity index (χ2n) is 8.75. The third-order valence-corrected chi connectivity index (χ3v) is 6.21. The van der Waals surface area contributed by atoms with Gasteiger partial charge in [-0.3, -0.25) is 4.79 Å². The number of carbonyl (C=O) groups is 1. The monoisotopic (exact) mass is 286 g/mol. The third-order valence-electron chi connectivity index (χ3n) is 6.21. The van der Waals surface area contributed by atoms with Gasteiger partial charge in [-0.2, -0.15) is 0 Å². The molecule has 0 amide bonds. The first-order valence-electron chi connectivity index (χ1n) is 8.12. The number of rotatable bonds is 2. The van der Waals surface area contributed by atoms with Crippen LogP contribution >= 0.6 is 0 Å². The van der Waals surface area contributed by atoms with Gasteiger partial charge in [-0.05, 0) is 79.5 Å². The van der Waals surface area contributed by atoms with Gasteiger partial charge < -0.3 is 0 Å². The maximum Gasteiger partial charge on any atom is 0.169 e. The first-order chi connectivity index (χ1) is 9.82. The minimum absolute atomic E-state index is 0.180. The highest BCUT2D eigenvalue weighted by molar-refractivity contribution is 6.00. The van der Waals surface area contributed by atoms with Gasteiger partial charge in [0.15, 0.2) is 5.78 Å². The standard InChI is InChI=1S/C19H23FO/c1-17-7-13-8-18(2,10-17)12-19(9-13,11-17)16(21)14-3-5-15(20)6-4-14/h3-6,13H,7-12H2,1-2H3. The number of hydrogen-bond acceptors (Lipinski definition) is 1. The molecule has 4 bridgehead atoms. The number of halogens is 1. The first kappa shape index (κ1) is 13.5. The molecule has 21 heavy (non-hydrogen) atoms. The van der Waals surface area contributed by atoms with Gasteiger partial charge in [0.25, 0.3) is 0 Å². The molecule has 112 valence electrons. The number of benzene rings is 1. The molecule has 2 unspecified atom stereocenters. The van der Waals surface area contributed by atoms with Crippen LogP contribution in [0.5, 0.6) is 0 Å². The Morgan fingerprint density at radius 3 is 2.10 bits per heavy atom. The van der Waals surface area contributed by atoms with Crippen molar-refractivity contribution in [3.63, 3.8) is 0 Å². The lowest BCUT2D eigenvalue weighted by Crippen LogP contribution is -2.57. The maximum atomic E-state index is 13.2. The molecule has 0 aromatic heterocycles.